The number of amides is 1. The Balaban J connectivity index is 2.15. The van der Waals surface area contributed by atoms with Crippen LogP contribution in [0, 0.1) is 5.92 Å². The number of carbonyl (C=O) groups excluding carboxylic acids is 1. The van der Waals surface area contributed by atoms with Crippen LogP contribution < -0.4 is 4.90 Å². The van der Waals surface area contributed by atoms with Crippen molar-refractivity contribution in [1.82, 2.24) is 0 Å². The summed E-state index contributed by atoms with van der Waals surface area (Å²) in [6.07, 6.45) is 9.09. The topological polar surface area (TPSA) is 20.3 Å². The summed E-state index contributed by atoms with van der Waals surface area (Å²) >= 11 is 5.88. The van der Waals surface area contributed by atoms with E-state index < -0.39 is 0 Å². The van der Waals surface area contributed by atoms with Gasteiger partial charge in [0.05, 0.1) is 0 Å². The molecule has 0 N–H and O–H groups in total. The Morgan fingerprint density at radius 3 is 2.43 bits per heavy atom. The van der Waals surface area contributed by atoms with Gasteiger partial charge in [-0.15, -0.1) is 11.6 Å². The van der Waals surface area contributed by atoms with Gasteiger partial charge in [-0.1, -0.05) is 58.1 Å². The van der Waals surface area contributed by atoms with Crippen molar-refractivity contribution in [2.24, 2.45) is 5.92 Å². The van der Waals surface area contributed by atoms with Gasteiger partial charge in [-0.05, 0) is 42.4 Å². The van der Waals surface area contributed by atoms with E-state index in [2.05, 4.69) is 32.0 Å². The van der Waals surface area contributed by atoms with E-state index in [1.54, 1.807) is 0 Å². The normalized spacial score (nSPS) is 16.9. The number of halogens is 1. The van der Waals surface area contributed by atoms with Gasteiger partial charge in [-0.3, -0.25) is 4.79 Å². The Labute approximate surface area is 146 Å². The molecular formula is C20H30ClNO. The molecular weight excluding hydrogens is 306 g/mol. The molecule has 0 heterocycles. The van der Waals surface area contributed by atoms with Crippen molar-refractivity contribution < 1.29 is 4.79 Å². The van der Waals surface area contributed by atoms with Crippen LogP contribution >= 0.6 is 11.6 Å². The lowest BCUT2D eigenvalue weighted by Crippen LogP contribution is -2.36. The maximum Gasteiger partial charge on any atom is 0.241 e. The number of carbonyl (C=O) groups is 1. The molecule has 0 radical (unpaired) electrons. The van der Waals surface area contributed by atoms with E-state index in [0.29, 0.717) is 11.8 Å². The molecule has 23 heavy (non-hydrogen) atoms. The highest BCUT2D eigenvalue weighted by atomic mass is 35.5. The molecule has 0 spiro atoms. The van der Waals surface area contributed by atoms with Crippen LogP contribution in [0.1, 0.15) is 70.3 Å². The second-order valence-electron chi connectivity index (χ2n) is 7.10. The summed E-state index contributed by atoms with van der Waals surface area (Å²) < 4.78 is 0. The fraction of sp³-hybridized carbons (Fsp3) is 0.650. The number of hydrogen-bond acceptors (Lipinski definition) is 1. The Bertz CT molecular complexity index is 492. The monoisotopic (exact) mass is 335 g/mol. The van der Waals surface area contributed by atoms with Crippen LogP contribution in [0.3, 0.4) is 0 Å². The van der Waals surface area contributed by atoms with Crippen LogP contribution in [0.5, 0.6) is 0 Å². The fourth-order valence-electron chi connectivity index (χ4n) is 3.46. The Morgan fingerprint density at radius 1 is 1.17 bits per heavy atom. The molecule has 2 rings (SSSR count). The lowest BCUT2D eigenvalue weighted by Gasteiger charge is -2.29. The average Bonchev–Trinajstić information content (AvgIpc) is 2.53. The lowest BCUT2D eigenvalue weighted by atomic mass is 9.90. The molecule has 1 amide bonds. The largest absolute Gasteiger partial charge is 0.311 e. The highest BCUT2D eigenvalue weighted by Gasteiger charge is 2.21. The van der Waals surface area contributed by atoms with Crippen molar-refractivity contribution in [2.75, 3.05) is 17.3 Å². The SMILES string of the molecule is CC(C)c1cccc(N(CC2CCCCCCC2)C(=O)CCl)c1. The predicted molar refractivity (Wildman–Crippen MR) is 99.4 cm³/mol. The van der Waals surface area contributed by atoms with Crippen LogP contribution in [-0.2, 0) is 4.79 Å². The minimum atomic E-state index is 0.0228. The van der Waals surface area contributed by atoms with Crippen molar-refractivity contribution in [3.63, 3.8) is 0 Å². The van der Waals surface area contributed by atoms with Crippen molar-refractivity contribution in [3.8, 4) is 0 Å². The van der Waals surface area contributed by atoms with Gasteiger partial charge in [0.1, 0.15) is 5.88 Å². The molecule has 0 unspecified atom stereocenters. The molecule has 0 aromatic heterocycles. The summed E-state index contributed by atoms with van der Waals surface area (Å²) in [6, 6.07) is 8.38. The van der Waals surface area contributed by atoms with E-state index in [-0.39, 0.29) is 11.8 Å². The molecule has 1 saturated carbocycles. The van der Waals surface area contributed by atoms with Gasteiger partial charge >= 0.3 is 0 Å². The first-order valence-corrected chi connectivity index (χ1v) is 9.61. The molecule has 1 aliphatic rings. The van der Waals surface area contributed by atoms with Gasteiger partial charge in [0.25, 0.3) is 0 Å². The zero-order valence-corrected chi connectivity index (χ0v) is 15.3. The van der Waals surface area contributed by atoms with Gasteiger partial charge in [0.2, 0.25) is 5.91 Å². The summed E-state index contributed by atoms with van der Waals surface area (Å²) in [5, 5.41) is 0. The smallest absolute Gasteiger partial charge is 0.241 e. The van der Waals surface area contributed by atoms with Crippen molar-refractivity contribution in [1.29, 1.82) is 0 Å². The zero-order valence-electron chi connectivity index (χ0n) is 14.6. The maximum absolute atomic E-state index is 12.4. The number of anilines is 1. The fourth-order valence-corrected chi connectivity index (χ4v) is 3.60. The van der Waals surface area contributed by atoms with E-state index in [4.69, 9.17) is 11.6 Å². The van der Waals surface area contributed by atoms with E-state index >= 15 is 0 Å². The number of hydrogen-bond donors (Lipinski definition) is 0. The van der Waals surface area contributed by atoms with Crippen molar-refractivity contribution in [3.05, 3.63) is 29.8 Å². The number of nitrogens with zero attached hydrogens (tertiary/aromatic N) is 1. The van der Waals surface area contributed by atoms with Crippen molar-refractivity contribution in [2.45, 2.75) is 64.7 Å². The Morgan fingerprint density at radius 2 is 1.83 bits per heavy atom. The summed E-state index contributed by atoms with van der Waals surface area (Å²) in [4.78, 5) is 14.3. The predicted octanol–water partition coefficient (Wildman–Crippen LogP) is 5.74. The Kier molecular flexibility index (Phi) is 7.42. The Hall–Kier alpha value is -1.02. The first kappa shape index (κ1) is 18.3. The molecule has 0 bridgehead atoms. The molecule has 3 heteroatoms. The summed E-state index contributed by atoms with van der Waals surface area (Å²) in [5.41, 5.74) is 2.27. The molecule has 1 aromatic carbocycles. The molecule has 1 aromatic rings. The second-order valence-corrected chi connectivity index (χ2v) is 7.37. The molecule has 0 saturated heterocycles. The van der Waals surface area contributed by atoms with Crippen LogP contribution in [0.4, 0.5) is 5.69 Å². The first-order chi connectivity index (χ1) is 11.1. The summed E-state index contributed by atoms with van der Waals surface area (Å²) in [6.45, 7) is 5.18. The zero-order chi connectivity index (χ0) is 16.7. The van der Waals surface area contributed by atoms with Gasteiger partial charge in [-0.25, -0.2) is 0 Å². The lowest BCUT2D eigenvalue weighted by molar-refractivity contribution is -0.116. The van der Waals surface area contributed by atoms with Gasteiger partial charge in [0.15, 0.2) is 0 Å². The van der Waals surface area contributed by atoms with Gasteiger partial charge < -0.3 is 4.90 Å². The molecule has 0 atom stereocenters. The van der Waals surface area contributed by atoms with Gasteiger partial charge in [-0.2, -0.15) is 0 Å². The quantitative estimate of drug-likeness (QED) is 0.628. The third-order valence-corrected chi connectivity index (χ3v) is 5.16. The van der Waals surface area contributed by atoms with Gasteiger partial charge in [0, 0.05) is 12.2 Å². The summed E-state index contributed by atoms with van der Waals surface area (Å²) in [5.74, 6) is 1.14. The van der Waals surface area contributed by atoms with Crippen molar-refractivity contribution >= 4 is 23.2 Å². The first-order valence-electron chi connectivity index (χ1n) is 9.08. The minimum absolute atomic E-state index is 0.0228. The van der Waals surface area contributed by atoms with Crippen LogP contribution in [-0.4, -0.2) is 18.3 Å². The second kappa shape index (κ2) is 9.32. The van der Waals surface area contributed by atoms with E-state index in [1.165, 1.54) is 50.5 Å². The minimum Gasteiger partial charge on any atom is -0.311 e. The van der Waals surface area contributed by atoms with E-state index in [0.717, 1.165) is 12.2 Å². The van der Waals surface area contributed by atoms with E-state index in [9.17, 15) is 4.79 Å². The maximum atomic E-state index is 12.4. The highest BCUT2D eigenvalue weighted by Crippen LogP contribution is 2.27. The van der Waals surface area contributed by atoms with E-state index in [1.807, 2.05) is 11.0 Å². The third-order valence-electron chi connectivity index (χ3n) is 4.93. The molecule has 1 fully saturated rings. The number of benzene rings is 1. The third kappa shape index (κ3) is 5.53. The molecule has 128 valence electrons. The highest BCUT2D eigenvalue weighted by molar-refractivity contribution is 6.29. The molecule has 0 aliphatic heterocycles. The van der Waals surface area contributed by atoms with Crippen LogP contribution in [0.25, 0.3) is 0 Å². The average molecular weight is 336 g/mol. The van der Waals surface area contributed by atoms with Crippen LogP contribution in [0.2, 0.25) is 0 Å². The summed E-state index contributed by atoms with van der Waals surface area (Å²) in [7, 11) is 0. The van der Waals surface area contributed by atoms with Crippen LogP contribution in [0.15, 0.2) is 24.3 Å². The number of rotatable bonds is 5. The standard InChI is InChI=1S/C20H30ClNO/c1-16(2)18-11-8-12-19(13-18)22(20(23)14-21)15-17-9-6-4-3-5-7-10-17/h8,11-13,16-17H,3-7,9-10,14-15H2,1-2H3. The molecule has 1 aliphatic carbocycles. The number of alkyl halides is 1. The molecule has 2 nitrogen and oxygen atoms in total.